The van der Waals surface area contributed by atoms with Crippen molar-refractivity contribution in [3.8, 4) is 5.88 Å². The fraction of sp³-hybridized carbons (Fsp3) is 0.625. The summed E-state index contributed by atoms with van der Waals surface area (Å²) < 4.78 is 20.8. The largest absolute Gasteiger partial charge is 0.479 e. The monoisotopic (exact) mass is 350 g/mol. The minimum atomic E-state index is -0.410. The van der Waals surface area contributed by atoms with Crippen molar-refractivity contribution in [2.75, 3.05) is 20.3 Å². The Bertz CT molecular complexity index is 705. The standard InChI is InChI=1S/C16H22N4O5/c1-9(2)14-18-16(25-20-14)13(10-4-6-23-7-5-10)17-15(21)11-8-12(22-3)19-24-11/h8-10,13H,4-7H2,1-3H3,(H,17,21)/t13-/m0/s1. The highest BCUT2D eigenvalue weighted by Crippen LogP contribution is 2.30. The molecule has 0 aliphatic carbocycles. The third kappa shape index (κ3) is 3.98. The highest BCUT2D eigenvalue weighted by atomic mass is 16.5. The van der Waals surface area contributed by atoms with E-state index < -0.39 is 11.9 Å². The van der Waals surface area contributed by atoms with Crippen LogP contribution >= 0.6 is 0 Å². The fourth-order valence-electron chi connectivity index (χ4n) is 2.71. The van der Waals surface area contributed by atoms with Crippen LogP contribution in [0.2, 0.25) is 0 Å². The van der Waals surface area contributed by atoms with Crippen LogP contribution in [-0.4, -0.2) is 41.5 Å². The van der Waals surface area contributed by atoms with Gasteiger partial charge in [-0.05, 0) is 23.9 Å². The molecule has 136 valence electrons. The van der Waals surface area contributed by atoms with Gasteiger partial charge in [0, 0.05) is 19.1 Å². The Hall–Kier alpha value is -2.42. The lowest BCUT2D eigenvalue weighted by Crippen LogP contribution is -2.36. The maximum Gasteiger partial charge on any atom is 0.290 e. The number of carbonyl (C=O) groups is 1. The van der Waals surface area contributed by atoms with Crippen LogP contribution in [0.4, 0.5) is 0 Å². The summed E-state index contributed by atoms with van der Waals surface area (Å²) in [6, 6.07) is 1.02. The topological polar surface area (TPSA) is 113 Å². The molecule has 1 aliphatic heterocycles. The normalized spacial score (nSPS) is 16.8. The van der Waals surface area contributed by atoms with E-state index in [1.165, 1.54) is 13.2 Å². The summed E-state index contributed by atoms with van der Waals surface area (Å²) in [6.45, 7) is 5.24. The first-order valence-electron chi connectivity index (χ1n) is 8.31. The van der Waals surface area contributed by atoms with E-state index in [4.69, 9.17) is 18.5 Å². The van der Waals surface area contributed by atoms with Crippen molar-refractivity contribution >= 4 is 5.91 Å². The van der Waals surface area contributed by atoms with Gasteiger partial charge in [0.15, 0.2) is 5.82 Å². The van der Waals surface area contributed by atoms with Crippen LogP contribution in [0.15, 0.2) is 15.1 Å². The van der Waals surface area contributed by atoms with Gasteiger partial charge in [-0.1, -0.05) is 19.0 Å². The summed E-state index contributed by atoms with van der Waals surface area (Å²) in [5.41, 5.74) is 0. The van der Waals surface area contributed by atoms with Crippen LogP contribution in [-0.2, 0) is 4.74 Å². The lowest BCUT2D eigenvalue weighted by atomic mass is 9.91. The molecule has 9 nitrogen and oxygen atoms in total. The van der Waals surface area contributed by atoms with E-state index in [1.807, 2.05) is 13.8 Å². The maximum absolute atomic E-state index is 12.5. The molecular weight excluding hydrogens is 328 g/mol. The Morgan fingerprint density at radius 2 is 2.04 bits per heavy atom. The van der Waals surface area contributed by atoms with E-state index in [9.17, 15) is 4.79 Å². The molecule has 3 rings (SSSR count). The number of hydrogen-bond donors (Lipinski definition) is 1. The first-order chi connectivity index (χ1) is 12.1. The van der Waals surface area contributed by atoms with E-state index in [-0.39, 0.29) is 23.5 Å². The molecule has 1 saturated heterocycles. The molecule has 0 radical (unpaired) electrons. The molecule has 0 unspecified atom stereocenters. The molecule has 3 heterocycles. The molecule has 0 bridgehead atoms. The number of nitrogens with zero attached hydrogens (tertiary/aromatic N) is 3. The van der Waals surface area contributed by atoms with Gasteiger partial charge in [0.2, 0.25) is 11.7 Å². The van der Waals surface area contributed by atoms with Gasteiger partial charge in [-0.2, -0.15) is 4.98 Å². The second-order valence-corrected chi connectivity index (χ2v) is 6.28. The van der Waals surface area contributed by atoms with Crippen molar-refractivity contribution < 1.29 is 23.3 Å². The molecule has 0 spiro atoms. The zero-order valence-corrected chi connectivity index (χ0v) is 14.5. The van der Waals surface area contributed by atoms with Crippen molar-refractivity contribution in [3.63, 3.8) is 0 Å². The molecule has 0 saturated carbocycles. The van der Waals surface area contributed by atoms with Gasteiger partial charge >= 0.3 is 0 Å². The zero-order chi connectivity index (χ0) is 17.8. The second kappa shape index (κ2) is 7.64. The van der Waals surface area contributed by atoms with E-state index in [0.717, 1.165) is 12.8 Å². The summed E-state index contributed by atoms with van der Waals surface area (Å²) in [5.74, 6) is 1.20. The molecule has 0 aromatic carbocycles. The molecular formula is C16H22N4O5. The quantitative estimate of drug-likeness (QED) is 0.842. The summed E-state index contributed by atoms with van der Waals surface area (Å²) in [4.78, 5) is 17.0. The van der Waals surface area contributed by atoms with Gasteiger partial charge in [-0.25, -0.2) is 0 Å². The van der Waals surface area contributed by atoms with Gasteiger partial charge in [0.05, 0.1) is 13.2 Å². The van der Waals surface area contributed by atoms with E-state index in [2.05, 4.69) is 20.6 Å². The first kappa shape index (κ1) is 17.4. The minimum Gasteiger partial charge on any atom is -0.479 e. The molecule has 1 aliphatic rings. The van der Waals surface area contributed by atoms with E-state index in [1.54, 1.807) is 0 Å². The van der Waals surface area contributed by atoms with Gasteiger partial charge in [-0.15, -0.1) is 0 Å². The summed E-state index contributed by atoms with van der Waals surface area (Å²) in [7, 11) is 1.45. The Kier molecular flexibility index (Phi) is 5.32. The van der Waals surface area contributed by atoms with Gasteiger partial charge < -0.3 is 23.8 Å². The van der Waals surface area contributed by atoms with Gasteiger partial charge in [-0.3, -0.25) is 4.79 Å². The number of aromatic nitrogens is 3. The third-order valence-corrected chi connectivity index (χ3v) is 4.19. The van der Waals surface area contributed by atoms with Gasteiger partial charge in [0.25, 0.3) is 11.8 Å². The molecule has 9 heteroatoms. The summed E-state index contributed by atoms with van der Waals surface area (Å²) in [5, 5.41) is 10.6. The van der Waals surface area contributed by atoms with Crippen LogP contribution in [0.1, 0.15) is 60.9 Å². The molecule has 1 fully saturated rings. The average molecular weight is 350 g/mol. The summed E-state index contributed by atoms with van der Waals surface area (Å²) >= 11 is 0. The highest BCUT2D eigenvalue weighted by Gasteiger charge is 2.32. The number of ether oxygens (including phenoxy) is 2. The van der Waals surface area contributed by atoms with E-state index >= 15 is 0 Å². The Morgan fingerprint density at radius 3 is 2.64 bits per heavy atom. The lowest BCUT2D eigenvalue weighted by molar-refractivity contribution is 0.0462. The first-order valence-corrected chi connectivity index (χ1v) is 8.31. The van der Waals surface area contributed by atoms with Crippen LogP contribution in [0.5, 0.6) is 5.88 Å². The van der Waals surface area contributed by atoms with Crippen molar-refractivity contribution in [2.45, 2.75) is 38.6 Å². The molecule has 1 atom stereocenters. The number of amides is 1. The molecule has 2 aromatic rings. The fourth-order valence-corrected chi connectivity index (χ4v) is 2.71. The molecule has 1 N–H and O–H groups in total. The molecule has 25 heavy (non-hydrogen) atoms. The highest BCUT2D eigenvalue weighted by molar-refractivity contribution is 5.91. The van der Waals surface area contributed by atoms with Crippen LogP contribution < -0.4 is 10.1 Å². The second-order valence-electron chi connectivity index (χ2n) is 6.28. The van der Waals surface area contributed by atoms with Crippen molar-refractivity contribution in [1.82, 2.24) is 20.6 Å². The predicted molar refractivity (Wildman–Crippen MR) is 85.2 cm³/mol. The maximum atomic E-state index is 12.5. The lowest BCUT2D eigenvalue weighted by Gasteiger charge is -2.28. The smallest absolute Gasteiger partial charge is 0.290 e. The average Bonchev–Trinajstić information content (AvgIpc) is 3.29. The van der Waals surface area contributed by atoms with E-state index in [0.29, 0.717) is 24.9 Å². The van der Waals surface area contributed by atoms with Crippen LogP contribution in [0, 0.1) is 5.92 Å². The van der Waals surface area contributed by atoms with Crippen molar-refractivity contribution in [1.29, 1.82) is 0 Å². The Labute approximate surface area is 145 Å². The van der Waals surface area contributed by atoms with Crippen molar-refractivity contribution in [3.05, 3.63) is 23.5 Å². The number of rotatable bonds is 6. The van der Waals surface area contributed by atoms with Crippen LogP contribution in [0.3, 0.4) is 0 Å². The zero-order valence-electron chi connectivity index (χ0n) is 14.5. The SMILES string of the molecule is COc1cc(C(=O)N[C@H](c2nc(C(C)C)no2)C2CCOCC2)on1. The molecule has 1 amide bonds. The third-order valence-electron chi connectivity index (χ3n) is 4.19. The molecule has 2 aromatic heterocycles. The Balaban J connectivity index is 1.81. The number of methoxy groups -OCH3 is 1. The Morgan fingerprint density at radius 1 is 1.28 bits per heavy atom. The number of nitrogens with one attached hydrogen (secondary N) is 1. The minimum absolute atomic E-state index is 0.0671. The summed E-state index contributed by atoms with van der Waals surface area (Å²) in [6.07, 6.45) is 1.59. The van der Waals surface area contributed by atoms with Gasteiger partial charge in [0.1, 0.15) is 6.04 Å². The number of hydrogen-bond acceptors (Lipinski definition) is 8. The number of carbonyl (C=O) groups excluding carboxylic acids is 1. The predicted octanol–water partition coefficient (Wildman–Crippen LogP) is 2.09. The van der Waals surface area contributed by atoms with Crippen molar-refractivity contribution in [2.24, 2.45) is 5.92 Å². The van der Waals surface area contributed by atoms with Crippen LogP contribution in [0.25, 0.3) is 0 Å².